The zero-order valence-corrected chi connectivity index (χ0v) is 44.9. The van der Waals surface area contributed by atoms with Crippen molar-refractivity contribution >= 4 is 33.0 Å². The van der Waals surface area contributed by atoms with Gasteiger partial charge in [0, 0.05) is 24.8 Å². The van der Waals surface area contributed by atoms with E-state index in [4.69, 9.17) is 18.3 Å². The molecule has 2 heterocycles. The van der Waals surface area contributed by atoms with Crippen LogP contribution in [0.25, 0.3) is 0 Å². The summed E-state index contributed by atoms with van der Waals surface area (Å²) in [6.07, 6.45) is 25.7. The molecule has 1 N–H and O–H groups in total. The van der Waals surface area contributed by atoms with Gasteiger partial charge in [-0.1, -0.05) is 205 Å². The highest BCUT2D eigenvalue weighted by Crippen LogP contribution is 2.41. The van der Waals surface area contributed by atoms with E-state index in [1.54, 1.807) is 0 Å². The molecular formula is C57H92O6Si2. The fourth-order valence-corrected chi connectivity index (χ4v) is 15.7. The lowest BCUT2D eigenvalue weighted by Crippen LogP contribution is -2.67. The highest BCUT2D eigenvalue weighted by molar-refractivity contribution is 6.99. The molecule has 0 unspecified atom stereocenters. The van der Waals surface area contributed by atoms with Crippen molar-refractivity contribution in [3.8, 4) is 11.8 Å². The van der Waals surface area contributed by atoms with Gasteiger partial charge in [0.15, 0.2) is 8.32 Å². The Hall–Kier alpha value is -2.52. The van der Waals surface area contributed by atoms with Crippen LogP contribution in [0.3, 0.4) is 0 Å². The van der Waals surface area contributed by atoms with Crippen LogP contribution >= 0.6 is 0 Å². The molecule has 2 aromatic carbocycles. The summed E-state index contributed by atoms with van der Waals surface area (Å²) in [4.78, 5) is 13.0. The molecule has 0 bridgehead atoms. The fraction of sp³-hybridized carbons (Fsp3) is 0.702. The van der Waals surface area contributed by atoms with Crippen LogP contribution in [0.2, 0.25) is 23.2 Å². The first-order valence-corrected chi connectivity index (χ1v) is 31.0. The number of aliphatic hydroxyl groups excluding tert-OH is 1. The van der Waals surface area contributed by atoms with Crippen LogP contribution in [-0.4, -0.2) is 64.3 Å². The average molecular weight is 930 g/mol. The second-order valence-electron chi connectivity index (χ2n) is 22.0. The van der Waals surface area contributed by atoms with Gasteiger partial charge in [-0.15, -0.1) is 5.92 Å². The molecule has 6 atom stereocenters. The third-order valence-corrected chi connectivity index (χ3v) is 24.0. The number of rotatable bonds is 29. The Bertz CT molecular complexity index is 1700. The molecule has 65 heavy (non-hydrogen) atoms. The van der Waals surface area contributed by atoms with Gasteiger partial charge < -0.3 is 23.4 Å². The Morgan fingerprint density at radius 2 is 1.29 bits per heavy atom. The third-order valence-electron chi connectivity index (χ3n) is 14.4. The normalized spacial score (nSPS) is 19.6. The molecule has 1 saturated heterocycles. The second-order valence-corrected chi connectivity index (χ2v) is 31.1. The van der Waals surface area contributed by atoms with Crippen LogP contribution in [0.4, 0.5) is 0 Å². The number of unbranched alkanes of at least 4 members (excludes halogenated alkanes) is 14. The molecule has 0 saturated carbocycles. The number of benzene rings is 2. The molecule has 2 aliphatic heterocycles. The molecule has 1 fully saturated rings. The molecular weight excluding hydrogens is 837 g/mol. The minimum absolute atomic E-state index is 0.0343. The summed E-state index contributed by atoms with van der Waals surface area (Å²) in [5, 5.41) is 13.6. The zero-order valence-electron chi connectivity index (χ0n) is 42.9. The Morgan fingerprint density at radius 1 is 0.738 bits per heavy atom. The van der Waals surface area contributed by atoms with E-state index in [2.05, 4.69) is 134 Å². The van der Waals surface area contributed by atoms with E-state index in [-0.39, 0.29) is 46.6 Å². The van der Waals surface area contributed by atoms with Crippen LogP contribution < -0.4 is 10.4 Å². The Labute approximate surface area is 400 Å². The van der Waals surface area contributed by atoms with Gasteiger partial charge in [-0.25, -0.2) is 4.79 Å². The first-order chi connectivity index (χ1) is 31.0. The predicted octanol–water partition coefficient (Wildman–Crippen LogP) is 13.9. The van der Waals surface area contributed by atoms with Crippen LogP contribution in [0.5, 0.6) is 0 Å². The lowest BCUT2D eigenvalue weighted by Gasteiger charge is -2.45. The van der Waals surface area contributed by atoms with Gasteiger partial charge >= 0.3 is 5.97 Å². The average Bonchev–Trinajstić information content (AvgIpc) is 3.86. The van der Waals surface area contributed by atoms with Crippen molar-refractivity contribution in [3.63, 3.8) is 0 Å². The van der Waals surface area contributed by atoms with E-state index in [1.807, 2.05) is 13.0 Å². The largest absolute Gasteiger partial charge is 0.455 e. The molecule has 0 aliphatic carbocycles. The van der Waals surface area contributed by atoms with Crippen molar-refractivity contribution in [3.05, 3.63) is 72.3 Å². The number of hydrogen-bond donors (Lipinski definition) is 1. The molecule has 4 rings (SSSR count). The van der Waals surface area contributed by atoms with E-state index in [1.165, 1.54) is 81.0 Å². The molecule has 0 aromatic heterocycles. The maximum Gasteiger partial charge on any atom is 0.334 e. The van der Waals surface area contributed by atoms with Gasteiger partial charge in [0.25, 0.3) is 8.32 Å². The second kappa shape index (κ2) is 27.5. The summed E-state index contributed by atoms with van der Waals surface area (Å²) in [6, 6.07) is 21.6. The van der Waals surface area contributed by atoms with E-state index in [0.29, 0.717) is 12.8 Å². The lowest BCUT2D eigenvalue weighted by atomic mass is 10.0. The van der Waals surface area contributed by atoms with Gasteiger partial charge in [0.1, 0.15) is 12.2 Å². The maximum atomic E-state index is 13.0. The summed E-state index contributed by atoms with van der Waals surface area (Å²) in [6.45, 7) is 22.6. The quantitative estimate of drug-likeness (QED) is 0.0379. The summed E-state index contributed by atoms with van der Waals surface area (Å²) >= 11 is 0. The van der Waals surface area contributed by atoms with Gasteiger partial charge in [0.2, 0.25) is 0 Å². The molecule has 0 spiro atoms. The van der Waals surface area contributed by atoms with Crippen LogP contribution in [0, 0.1) is 11.8 Å². The monoisotopic (exact) mass is 929 g/mol. The minimum Gasteiger partial charge on any atom is -0.455 e. The molecule has 8 heteroatoms. The number of hydrogen-bond acceptors (Lipinski definition) is 6. The maximum absolute atomic E-state index is 13.0. The van der Waals surface area contributed by atoms with Crippen molar-refractivity contribution in [1.82, 2.24) is 0 Å². The number of carbonyl (C=O) groups excluding carboxylic acids is 1. The summed E-state index contributed by atoms with van der Waals surface area (Å²) in [5.74, 6) is 6.28. The summed E-state index contributed by atoms with van der Waals surface area (Å²) < 4.78 is 27.0. The van der Waals surface area contributed by atoms with Crippen molar-refractivity contribution in [2.24, 2.45) is 0 Å². The fourth-order valence-electron chi connectivity index (χ4n) is 9.66. The van der Waals surface area contributed by atoms with E-state index in [9.17, 15) is 9.90 Å². The lowest BCUT2D eigenvalue weighted by molar-refractivity contribution is -0.139. The number of aliphatic hydroxyl groups is 1. The Morgan fingerprint density at radius 3 is 1.82 bits per heavy atom. The first-order valence-electron chi connectivity index (χ1n) is 26.2. The van der Waals surface area contributed by atoms with Crippen LogP contribution in [0.1, 0.15) is 197 Å². The molecule has 2 aliphatic rings. The minimum atomic E-state index is -2.83. The van der Waals surface area contributed by atoms with Gasteiger partial charge in [0.05, 0.1) is 24.4 Å². The molecule has 0 amide bonds. The number of esters is 1. The van der Waals surface area contributed by atoms with Gasteiger partial charge in [-0.2, -0.15) is 0 Å². The smallest absolute Gasteiger partial charge is 0.334 e. The molecule has 2 aromatic rings. The van der Waals surface area contributed by atoms with E-state index < -0.39 is 22.7 Å². The molecule has 364 valence electrons. The van der Waals surface area contributed by atoms with E-state index in [0.717, 1.165) is 63.4 Å². The summed E-state index contributed by atoms with van der Waals surface area (Å²) in [5.41, 5.74) is 0.732. The van der Waals surface area contributed by atoms with Crippen molar-refractivity contribution < 1.29 is 28.2 Å². The van der Waals surface area contributed by atoms with Crippen molar-refractivity contribution in [2.75, 3.05) is 0 Å². The number of cyclic esters (lactones) is 1. The molecule has 0 radical (unpaired) electrons. The standard InChI is InChI=1S/C57H92O6Si2/c1-11-12-13-14-15-16-17-18-19-20-21-22-23-27-34-48(58)45-54(63-64(9,10)56(3,4)5)53-42-41-49(61-53)35-28-24-29-36-50(44-47-43-46(2)60-55(47)59)62-65(57(6,7)8,51-37-30-25-31-38-51)52-39-32-26-33-40-52/h25-26,30-33,37-40,43,46,48-50,53-54,58H,11-24,28-29,35-36,41-42,44-45H2,1-10H3/t46-,48+,49+,50+,53-,54-/m0/s1. The Balaban J connectivity index is 1.31. The number of ether oxygens (including phenoxy) is 2. The highest BCUT2D eigenvalue weighted by atomic mass is 28.4. The first kappa shape index (κ1) is 55.1. The van der Waals surface area contributed by atoms with Crippen LogP contribution in [-0.2, 0) is 23.1 Å². The van der Waals surface area contributed by atoms with Crippen LogP contribution in [0.15, 0.2) is 72.3 Å². The van der Waals surface area contributed by atoms with Gasteiger partial charge in [-0.3, -0.25) is 0 Å². The van der Waals surface area contributed by atoms with Crippen molar-refractivity contribution in [1.29, 1.82) is 0 Å². The summed E-state index contributed by atoms with van der Waals surface area (Å²) in [7, 11) is -4.95. The van der Waals surface area contributed by atoms with Crippen molar-refractivity contribution in [2.45, 2.75) is 256 Å². The van der Waals surface area contributed by atoms with Gasteiger partial charge in [-0.05, 0) is 78.6 Å². The molecule has 6 nitrogen and oxygen atoms in total. The zero-order chi connectivity index (χ0) is 47.4. The Kier molecular flexibility index (Phi) is 23.3. The number of carbonyl (C=O) groups is 1. The topological polar surface area (TPSA) is 74.2 Å². The highest BCUT2D eigenvalue weighted by Gasteiger charge is 2.51. The third kappa shape index (κ3) is 17.8. The van der Waals surface area contributed by atoms with E-state index >= 15 is 0 Å². The SMILES string of the molecule is CCCCCCCCCCCCCCC#C[C@@H](O)C[C@H](O[Si](C)(C)C(C)(C)C)[C@@H]1CC[C@@H](CCCCC[C@H](CC2=C[C@H](C)OC2=O)O[Si](c2ccccc2)(c2ccccc2)C(C)(C)C)O1. The predicted molar refractivity (Wildman–Crippen MR) is 278 cm³/mol.